The molecular formula is C20H26O4. The Bertz CT molecular complexity index is 522. The first-order valence-corrected chi connectivity index (χ1v) is 8.46. The maximum atomic E-state index is 11.6. The zero-order chi connectivity index (χ0) is 17.6. The number of ether oxygens (including phenoxy) is 2. The van der Waals surface area contributed by atoms with E-state index in [2.05, 4.69) is 0 Å². The summed E-state index contributed by atoms with van der Waals surface area (Å²) in [5.41, 5.74) is 1.67. The van der Waals surface area contributed by atoms with Gasteiger partial charge in [0.05, 0.1) is 13.2 Å². The van der Waals surface area contributed by atoms with Crippen LogP contribution >= 0.6 is 0 Å². The van der Waals surface area contributed by atoms with Crippen LogP contribution in [0.25, 0.3) is 12.2 Å². The molecular weight excluding hydrogens is 304 g/mol. The first-order chi connectivity index (χ1) is 11.7. The SMILES string of the molecule is CCCCOC(=O)/C=C/c1ccccc1/C=C/C(=O)OCCCC. The van der Waals surface area contributed by atoms with Gasteiger partial charge < -0.3 is 9.47 Å². The Kier molecular flexibility index (Phi) is 9.93. The largest absolute Gasteiger partial charge is 0.463 e. The average Bonchev–Trinajstić information content (AvgIpc) is 2.59. The molecule has 0 bridgehead atoms. The highest BCUT2D eigenvalue weighted by Gasteiger charge is 2.00. The molecule has 0 aliphatic rings. The maximum absolute atomic E-state index is 11.6. The lowest BCUT2D eigenvalue weighted by Gasteiger charge is -2.02. The molecule has 1 aromatic carbocycles. The van der Waals surface area contributed by atoms with Crippen LogP contribution in [0.5, 0.6) is 0 Å². The van der Waals surface area contributed by atoms with Gasteiger partial charge in [-0.05, 0) is 36.1 Å². The van der Waals surface area contributed by atoms with Crippen LogP contribution in [-0.4, -0.2) is 25.2 Å². The Morgan fingerprint density at radius 2 is 1.25 bits per heavy atom. The van der Waals surface area contributed by atoms with E-state index in [0.717, 1.165) is 36.8 Å². The highest BCUT2D eigenvalue weighted by molar-refractivity contribution is 5.90. The Labute approximate surface area is 144 Å². The fourth-order valence-corrected chi connectivity index (χ4v) is 1.86. The minimum absolute atomic E-state index is 0.360. The Hall–Kier alpha value is -2.36. The smallest absolute Gasteiger partial charge is 0.330 e. The standard InChI is InChI=1S/C20H26O4/c1-3-5-15-23-19(21)13-11-17-9-7-8-10-18(17)12-14-20(22)24-16-6-4-2/h7-14H,3-6,15-16H2,1-2H3/b13-11+,14-12+. The van der Waals surface area contributed by atoms with E-state index in [1.165, 1.54) is 12.2 Å². The van der Waals surface area contributed by atoms with Crippen LogP contribution in [0.4, 0.5) is 0 Å². The van der Waals surface area contributed by atoms with E-state index in [4.69, 9.17) is 9.47 Å². The van der Waals surface area contributed by atoms with Crippen molar-refractivity contribution >= 4 is 24.1 Å². The number of benzene rings is 1. The molecule has 1 aromatic rings. The van der Waals surface area contributed by atoms with Gasteiger partial charge >= 0.3 is 11.9 Å². The van der Waals surface area contributed by atoms with Gasteiger partial charge in [-0.3, -0.25) is 0 Å². The molecule has 4 nitrogen and oxygen atoms in total. The summed E-state index contributed by atoms with van der Waals surface area (Å²) in [4.78, 5) is 23.2. The Morgan fingerprint density at radius 3 is 1.62 bits per heavy atom. The van der Waals surface area contributed by atoms with Gasteiger partial charge in [0.15, 0.2) is 0 Å². The highest BCUT2D eigenvalue weighted by Crippen LogP contribution is 2.13. The molecule has 0 atom stereocenters. The third kappa shape index (κ3) is 8.32. The van der Waals surface area contributed by atoms with Crippen molar-refractivity contribution in [2.45, 2.75) is 39.5 Å². The number of rotatable bonds is 10. The average molecular weight is 330 g/mol. The molecule has 0 spiro atoms. The minimum atomic E-state index is -0.360. The van der Waals surface area contributed by atoms with Crippen molar-refractivity contribution in [2.24, 2.45) is 0 Å². The number of carbonyl (C=O) groups excluding carboxylic acids is 2. The summed E-state index contributed by atoms with van der Waals surface area (Å²) in [5.74, 6) is -0.720. The number of unbranched alkanes of at least 4 members (excludes halogenated alkanes) is 2. The van der Waals surface area contributed by atoms with Crippen molar-refractivity contribution in [1.29, 1.82) is 0 Å². The number of esters is 2. The van der Waals surface area contributed by atoms with Gasteiger partial charge in [0.2, 0.25) is 0 Å². The van der Waals surface area contributed by atoms with Gasteiger partial charge in [-0.1, -0.05) is 51.0 Å². The molecule has 0 aliphatic heterocycles. The van der Waals surface area contributed by atoms with Crippen LogP contribution in [0.15, 0.2) is 36.4 Å². The predicted octanol–water partition coefficient (Wildman–Crippen LogP) is 4.40. The lowest BCUT2D eigenvalue weighted by molar-refractivity contribution is -0.138. The summed E-state index contributed by atoms with van der Waals surface area (Å²) in [5, 5.41) is 0. The molecule has 0 fully saturated rings. The van der Waals surface area contributed by atoms with E-state index >= 15 is 0 Å². The van der Waals surface area contributed by atoms with Gasteiger partial charge in [-0.2, -0.15) is 0 Å². The Balaban J connectivity index is 2.64. The molecule has 0 radical (unpaired) electrons. The zero-order valence-electron chi connectivity index (χ0n) is 14.5. The fourth-order valence-electron chi connectivity index (χ4n) is 1.86. The fraction of sp³-hybridized carbons (Fsp3) is 0.400. The molecule has 0 N–H and O–H groups in total. The molecule has 130 valence electrons. The van der Waals surface area contributed by atoms with E-state index in [9.17, 15) is 9.59 Å². The second-order valence-corrected chi connectivity index (χ2v) is 5.34. The van der Waals surface area contributed by atoms with Crippen LogP contribution < -0.4 is 0 Å². The third-order valence-electron chi connectivity index (χ3n) is 3.28. The molecule has 4 heteroatoms. The lowest BCUT2D eigenvalue weighted by Crippen LogP contribution is -2.02. The first-order valence-electron chi connectivity index (χ1n) is 8.46. The molecule has 24 heavy (non-hydrogen) atoms. The van der Waals surface area contributed by atoms with Crippen molar-refractivity contribution in [2.75, 3.05) is 13.2 Å². The zero-order valence-corrected chi connectivity index (χ0v) is 14.5. The number of hydrogen-bond donors (Lipinski definition) is 0. The molecule has 0 amide bonds. The number of carbonyl (C=O) groups is 2. The van der Waals surface area contributed by atoms with E-state index in [0.29, 0.717) is 13.2 Å². The van der Waals surface area contributed by atoms with Crippen molar-refractivity contribution in [3.8, 4) is 0 Å². The third-order valence-corrected chi connectivity index (χ3v) is 3.28. The molecule has 0 unspecified atom stereocenters. The van der Waals surface area contributed by atoms with Gasteiger partial charge in [0, 0.05) is 12.2 Å². The van der Waals surface area contributed by atoms with Crippen molar-refractivity contribution in [1.82, 2.24) is 0 Å². The summed E-state index contributed by atoms with van der Waals surface area (Å²) in [7, 11) is 0. The van der Waals surface area contributed by atoms with Gasteiger partial charge in [-0.15, -0.1) is 0 Å². The minimum Gasteiger partial charge on any atom is -0.463 e. The first kappa shape index (κ1) is 19.7. The Morgan fingerprint density at radius 1 is 0.833 bits per heavy atom. The monoisotopic (exact) mass is 330 g/mol. The van der Waals surface area contributed by atoms with Gasteiger partial charge in [0.1, 0.15) is 0 Å². The van der Waals surface area contributed by atoms with Gasteiger partial charge in [0.25, 0.3) is 0 Å². The summed E-state index contributed by atoms with van der Waals surface area (Å²) in [6.07, 6.45) is 9.88. The summed E-state index contributed by atoms with van der Waals surface area (Å²) >= 11 is 0. The normalized spacial score (nSPS) is 11.1. The molecule has 0 saturated heterocycles. The van der Waals surface area contributed by atoms with Crippen LogP contribution in [-0.2, 0) is 19.1 Å². The number of hydrogen-bond acceptors (Lipinski definition) is 4. The van der Waals surface area contributed by atoms with Crippen molar-refractivity contribution < 1.29 is 19.1 Å². The van der Waals surface area contributed by atoms with Crippen LogP contribution in [0.3, 0.4) is 0 Å². The van der Waals surface area contributed by atoms with E-state index in [1.54, 1.807) is 12.2 Å². The van der Waals surface area contributed by atoms with Crippen LogP contribution in [0, 0.1) is 0 Å². The van der Waals surface area contributed by atoms with Crippen LogP contribution in [0.2, 0.25) is 0 Å². The van der Waals surface area contributed by atoms with E-state index in [1.807, 2.05) is 38.1 Å². The quantitative estimate of drug-likeness (QED) is 0.362. The second kappa shape index (κ2) is 12.1. The summed E-state index contributed by atoms with van der Waals surface area (Å²) < 4.78 is 10.2. The second-order valence-electron chi connectivity index (χ2n) is 5.34. The maximum Gasteiger partial charge on any atom is 0.330 e. The van der Waals surface area contributed by atoms with Gasteiger partial charge in [-0.25, -0.2) is 9.59 Å². The van der Waals surface area contributed by atoms with Crippen molar-refractivity contribution in [3.05, 3.63) is 47.5 Å². The van der Waals surface area contributed by atoms with Crippen molar-refractivity contribution in [3.63, 3.8) is 0 Å². The van der Waals surface area contributed by atoms with Crippen LogP contribution in [0.1, 0.15) is 50.7 Å². The summed E-state index contributed by atoms with van der Waals surface area (Å²) in [6, 6.07) is 7.49. The topological polar surface area (TPSA) is 52.6 Å². The molecule has 0 heterocycles. The highest BCUT2D eigenvalue weighted by atomic mass is 16.5. The summed E-state index contributed by atoms with van der Waals surface area (Å²) in [6.45, 7) is 4.95. The molecule has 0 aromatic heterocycles. The predicted molar refractivity (Wildman–Crippen MR) is 96.2 cm³/mol. The van der Waals surface area contributed by atoms with E-state index in [-0.39, 0.29) is 11.9 Å². The van der Waals surface area contributed by atoms with E-state index < -0.39 is 0 Å². The lowest BCUT2D eigenvalue weighted by atomic mass is 10.1. The molecule has 1 rings (SSSR count). The molecule has 0 aliphatic carbocycles. The molecule has 0 saturated carbocycles.